The van der Waals surface area contributed by atoms with Crippen LogP contribution in [-0.2, 0) is 10.2 Å². The Labute approximate surface area is 137 Å². The molecular weight excluding hydrogens is 286 g/mol. The fraction of sp³-hybridized carbons (Fsp3) is 0.250. The molecule has 0 spiro atoms. The number of benzene rings is 2. The van der Waals surface area contributed by atoms with Crippen LogP contribution < -0.4 is 9.64 Å². The molecule has 118 valence electrons. The first kappa shape index (κ1) is 15.3. The van der Waals surface area contributed by atoms with E-state index in [0.717, 1.165) is 22.6 Å². The highest BCUT2D eigenvalue weighted by atomic mass is 16.5. The van der Waals surface area contributed by atoms with Crippen LogP contribution in [0.4, 0.5) is 5.69 Å². The molecule has 2 aromatic rings. The van der Waals surface area contributed by atoms with Gasteiger partial charge in [0.05, 0.1) is 12.5 Å². The summed E-state index contributed by atoms with van der Waals surface area (Å²) in [5, 5.41) is 0. The van der Waals surface area contributed by atoms with Crippen LogP contribution in [0.5, 0.6) is 5.75 Å². The third kappa shape index (κ3) is 2.63. The van der Waals surface area contributed by atoms with Crippen molar-refractivity contribution in [2.24, 2.45) is 0 Å². The monoisotopic (exact) mass is 307 g/mol. The molecule has 0 bridgehead atoms. The minimum Gasteiger partial charge on any atom is -0.497 e. The summed E-state index contributed by atoms with van der Waals surface area (Å²) in [6, 6.07) is 16.0. The van der Waals surface area contributed by atoms with E-state index in [9.17, 15) is 4.79 Å². The first-order valence-corrected chi connectivity index (χ1v) is 7.74. The van der Waals surface area contributed by atoms with Gasteiger partial charge in [0.1, 0.15) is 5.75 Å². The van der Waals surface area contributed by atoms with Gasteiger partial charge in [0.15, 0.2) is 0 Å². The van der Waals surface area contributed by atoms with E-state index >= 15 is 0 Å². The number of carbonyl (C=O) groups excluding carboxylic acids is 1. The van der Waals surface area contributed by atoms with Crippen LogP contribution in [0.25, 0.3) is 6.08 Å². The molecule has 2 aromatic carbocycles. The molecule has 1 unspecified atom stereocenters. The Morgan fingerprint density at radius 3 is 2.61 bits per heavy atom. The number of anilines is 1. The average Bonchev–Trinajstić information content (AvgIpc) is 2.77. The predicted octanol–water partition coefficient (Wildman–Crippen LogP) is 4.03. The average molecular weight is 307 g/mol. The minimum absolute atomic E-state index is 0.124. The van der Waals surface area contributed by atoms with Crippen LogP contribution in [0, 0.1) is 0 Å². The molecule has 1 heterocycles. The number of ether oxygens (including phenoxy) is 1. The van der Waals surface area contributed by atoms with E-state index < -0.39 is 5.41 Å². The molecule has 0 aliphatic carbocycles. The second-order valence-electron chi connectivity index (χ2n) is 6.10. The predicted molar refractivity (Wildman–Crippen MR) is 93.8 cm³/mol. The number of hydrogen-bond donors (Lipinski definition) is 0. The summed E-state index contributed by atoms with van der Waals surface area (Å²) >= 11 is 0. The molecule has 0 saturated heterocycles. The first-order valence-electron chi connectivity index (χ1n) is 7.74. The Morgan fingerprint density at radius 1 is 1.17 bits per heavy atom. The first-order chi connectivity index (χ1) is 11.1. The second-order valence-corrected chi connectivity index (χ2v) is 6.10. The molecule has 23 heavy (non-hydrogen) atoms. The van der Waals surface area contributed by atoms with Gasteiger partial charge in [0.2, 0.25) is 5.91 Å². The van der Waals surface area contributed by atoms with Gasteiger partial charge in [-0.05, 0) is 42.7 Å². The van der Waals surface area contributed by atoms with Gasteiger partial charge in [-0.3, -0.25) is 4.79 Å². The van der Waals surface area contributed by atoms with E-state index in [1.165, 1.54) is 0 Å². The number of carbonyl (C=O) groups is 1. The van der Waals surface area contributed by atoms with Gasteiger partial charge in [-0.25, -0.2) is 0 Å². The van der Waals surface area contributed by atoms with Gasteiger partial charge in [0.25, 0.3) is 0 Å². The molecule has 3 nitrogen and oxygen atoms in total. The molecule has 3 heteroatoms. The highest BCUT2D eigenvalue weighted by Crippen LogP contribution is 2.44. The number of likely N-dealkylation sites (N-methyl/N-ethyl adjacent to an activating group) is 1. The minimum atomic E-state index is -0.552. The van der Waals surface area contributed by atoms with Crippen LogP contribution in [0.15, 0.2) is 54.6 Å². The number of rotatable bonds is 4. The van der Waals surface area contributed by atoms with Crippen molar-refractivity contribution in [3.8, 4) is 5.75 Å². The number of fused-ring (bicyclic) bond motifs is 1. The zero-order chi connectivity index (χ0) is 16.4. The summed E-state index contributed by atoms with van der Waals surface area (Å²) in [5.74, 6) is 0.906. The van der Waals surface area contributed by atoms with Crippen molar-refractivity contribution in [1.82, 2.24) is 0 Å². The number of amides is 1. The summed E-state index contributed by atoms with van der Waals surface area (Å²) < 4.78 is 5.33. The highest BCUT2D eigenvalue weighted by molar-refractivity contribution is 6.07. The third-order valence-corrected chi connectivity index (χ3v) is 4.57. The number of allylic oxidation sites excluding steroid dienone is 1. The molecule has 0 fully saturated rings. The van der Waals surface area contributed by atoms with Crippen LogP contribution in [0.1, 0.15) is 24.5 Å². The van der Waals surface area contributed by atoms with E-state index in [-0.39, 0.29) is 5.91 Å². The second kappa shape index (κ2) is 5.92. The normalized spacial score (nSPS) is 20.1. The Kier molecular flexibility index (Phi) is 3.95. The van der Waals surface area contributed by atoms with Gasteiger partial charge >= 0.3 is 0 Å². The Morgan fingerprint density at radius 2 is 1.91 bits per heavy atom. The molecule has 0 radical (unpaired) electrons. The topological polar surface area (TPSA) is 29.5 Å². The van der Waals surface area contributed by atoms with Crippen LogP contribution >= 0.6 is 0 Å². The summed E-state index contributed by atoms with van der Waals surface area (Å²) in [4.78, 5) is 14.5. The molecule has 0 saturated carbocycles. The Hall–Kier alpha value is -2.55. The Balaban J connectivity index is 1.92. The van der Waals surface area contributed by atoms with Gasteiger partial charge in [-0.1, -0.05) is 42.5 Å². The lowest BCUT2D eigenvalue weighted by atomic mass is 9.80. The van der Waals surface area contributed by atoms with Crippen LogP contribution in [0.3, 0.4) is 0 Å². The van der Waals surface area contributed by atoms with E-state index in [2.05, 4.69) is 24.3 Å². The zero-order valence-electron chi connectivity index (χ0n) is 13.7. The summed E-state index contributed by atoms with van der Waals surface area (Å²) in [6.45, 7) is 2.01. The summed E-state index contributed by atoms with van der Waals surface area (Å²) in [5.41, 5.74) is 2.58. The molecule has 0 aromatic heterocycles. The van der Waals surface area contributed by atoms with Gasteiger partial charge < -0.3 is 9.64 Å². The molecular formula is C20H21NO2. The smallest absolute Gasteiger partial charge is 0.237 e. The fourth-order valence-corrected chi connectivity index (χ4v) is 3.16. The Bertz CT molecular complexity index is 751. The van der Waals surface area contributed by atoms with Gasteiger partial charge in [-0.2, -0.15) is 0 Å². The fourth-order valence-electron chi connectivity index (χ4n) is 3.16. The molecule has 1 atom stereocenters. The zero-order valence-corrected chi connectivity index (χ0v) is 13.7. The van der Waals surface area contributed by atoms with Crippen molar-refractivity contribution in [2.75, 3.05) is 19.1 Å². The molecule has 1 aliphatic rings. The standard InChI is InChI=1S/C20H21NO2/c1-20(13-7-10-15-8-5-4-6-9-15)17-14-16(23-3)11-12-18(17)21(2)19(20)22/h4-12,14H,13H2,1-3H3/b10-7+. The summed E-state index contributed by atoms with van der Waals surface area (Å²) in [7, 11) is 3.48. The number of hydrogen-bond acceptors (Lipinski definition) is 2. The van der Waals surface area contributed by atoms with Gasteiger partial charge in [-0.15, -0.1) is 0 Å². The van der Waals surface area contributed by atoms with E-state index in [4.69, 9.17) is 4.74 Å². The quantitative estimate of drug-likeness (QED) is 0.853. The maximum Gasteiger partial charge on any atom is 0.237 e. The maximum atomic E-state index is 12.8. The molecule has 0 N–H and O–H groups in total. The molecule has 1 aliphatic heterocycles. The van der Waals surface area contributed by atoms with Crippen LogP contribution in [-0.4, -0.2) is 20.1 Å². The SMILES string of the molecule is COc1ccc2c(c1)C(C)(C/C=C/c1ccccc1)C(=O)N2C. The lowest BCUT2D eigenvalue weighted by Gasteiger charge is -2.21. The van der Waals surface area contributed by atoms with E-state index in [1.54, 1.807) is 12.0 Å². The molecule has 3 rings (SSSR count). The highest BCUT2D eigenvalue weighted by Gasteiger charge is 2.45. The van der Waals surface area contributed by atoms with E-state index in [0.29, 0.717) is 6.42 Å². The van der Waals surface area contributed by atoms with Crippen molar-refractivity contribution in [3.63, 3.8) is 0 Å². The number of nitrogens with zero attached hydrogens (tertiary/aromatic N) is 1. The van der Waals surface area contributed by atoms with Crippen molar-refractivity contribution in [2.45, 2.75) is 18.8 Å². The van der Waals surface area contributed by atoms with Crippen molar-refractivity contribution in [3.05, 3.63) is 65.7 Å². The van der Waals surface area contributed by atoms with Crippen LogP contribution in [0.2, 0.25) is 0 Å². The molecule has 1 amide bonds. The van der Waals surface area contributed by atoms with Crippen molar-refractivity contribution >= 4 is 17.7 Å². The van der Waals surface area contributed by atoms with E-state index in [1.807, 2.05) is 50.4 Å². The van der Waals surface area contributed by atoms with Crippen molar-refractivity contribution in [1.29, 1.82) is 0 Å². The third-order valence-electron chi connectivity index (χ3n) is 4.57. The largest absolute Gasteiger partial charge is 0.497 e. The summed E-state index contributed by atoms with van der Waals surface area (Å²) in [6.07, 6.45) is 4.80. The lowest BCUT2D eigenvalue weighted by Crippen LogP contribution is -2.35. The maximum absolute atomic E-state index is 12.8. The lowest BCUT2D eigenvalue weighted by molar-refractivity contribution is -0.122. The van der Waals surface area contributed by atoms with Crippen molar-refractivity contribution < 1.29 is 9.53 Å². The number of methoxy groups -OCH3 is 1. The van der Waals surface area contributed by atoms with Gasteiger partial charge in [0, 0.05) is 12.7 Å².